The topological polar surface area (TPSA) is 46.2 Å². The summed E-state index contributed by atoms with van der Waals surface area (Å²) in [4.78, 5) is 4.02. The molecule has 4 heteroatoms. The molecule has 2 N–H and O–H groups in total. The normalized spacial score (nSPS) is 9.27. The number of nitrogens with one attached hydrogen (secondary N) is 2. The van der Waals surface area contributed by atoms with E-state index >= 15 is 0 Å². The minimum Gasteiger partial charge on any atom is -0.497 e. The number of hydrogen-bond donors (Lipinski definition) is 2. The zero-order valence-corrected chi connectivity index (χ0v) is 6.59. The summed E-state index contributed by atoms with van der Waals surface area (Å²) >= 11 is 0. The van der Waals surface area contributed by atoms with Crippen molar-refractivity contribution in [2.24, 2.45) is 0 Å². The average Bonchev–Trinajstić information content (AvgIpc) is 2.06. The lowest BCUT2D eigenvalue weighted by Crippen LogP contribution is -2.15. The molecule has 0 aliphatic heterocycles. The minimum absolute atomic E-state index is 0.742. The summed E-state index contributed by atoms with van der Waals surface area (Å²) < 4.78 is 4.99. The predicted molar refractivity (Wildman–Crippen MR) is 43.5 cm³/mol. The Balaban J connectivity index is 2.74. The lowest BCUT2D eigenvalue weighted by Gasteiger charge is -2.03. The Labute approximate surface area is 65.6 Å². The number of hydrogen-bond acceptors (Lipinski definition) is 4. The molecule has 0 aliphatic rings. The van der Waals surface area contributed by atoms with Gasteiger partial charge in [0.2, 0.25) is 0 Å². The molecule has 1 heterocycles. The van der Waals surface area contributed by atoms with Gasteiger partial charge in [0.25, 0.3) is 0 Å². The molecular formula is C7H11N3O. The molecule has 0 atom stereocenters. The van der Waals surface area contributed by atoms with Crippen molar-refractivity contribution in [3.05, 3.63) is 18.3 Å². The Hall–Kier alpha value is -1.29. The van der Waals surface area contributed by atoms with Crippen LogP contribution in [0.3, 0.4) is 0 Å². The van der Waals surface area contributed by atoms with Crippen LogP contribution in [0.25, 0.3) is 0 Å². The highest BCUT2D eigenvalue weighted by atomic mass is 16.5. The zero-order chi connectivity index (χ0) is 8.10. The van der Waals surface area contributed by atoms with Crippen LogP contribution in [0, 0.1) is 0 Å². The SMILES string of the molecule is CNNc1cc(OC)ccn1. The first-order chi connectivity index (χ1) is 5.36. The van der Waals surface area contributed by atoms with Crippen LogP contribution in [-0.2, 0) is 0 Å². The third-order valence-electron chi connectivity index (χ3n) is 1.22. The average molecular weight is 153 g/mol. The van der Waals surface area contributed by atoms with E-state index in [1.807, 2.05) is 0 Å². The Morgan fingerprint density at radius 3 is 3.00 bits per heavy atom. The first kappa shape index (κ1) is 7.81. The fourth-order valence-electron chi connectivity index (χ4n) is 0.735. The molecule has 4 nitrogen and oxygen atoms in total. The molecule has 0 aromatic carbocycles. The number of rotatable bonds is 3. The summed E-state index contributed by atoms with van der Waals surface area (Å²) in [5, 5.41) is 0. The van der Waals surface area contributed by atoms with Crippen molar-refractivity contribution in [3.8, 4) is 5.75 Å². The van der Waals surface area contributed by atoms with Crippen molar-refractivity contribution in [1.82, 2.24) is 10.4 Å². The number of pyridine rings is 1. The molecular weight excluding hydrogens is 142 g/mol. The van der Waals surface area contributed by atoms with E-state index in [0.717, 1.165) is 11.6 Å². The van der Waals surface area contributed by atoms with Gasteiger partial charge >= 0.3 is 0 Å². The van der Waals surface area contributed by atoms with Crippen LogP contribution in [0.1, 0.15) is 0 Å². The number of nitrogens with zero attached hydrogens (tertiary/aromatic N) is 1. The van der Waals surface area contributed by atoms with Gasteiger partial charge in [-0.2, -0.15) is 0 Å². The van der Waals surface area contributed by atoms with Gasteiger partial charge in [0, 0.05) is 19.3 Å². The zero-order valence-electron chi connectivity index (χ0n) is 6.59. The molecule has 11 heavy (non-hydrogen) atoms. The number of anilines is 1. The van der Waals surface area contributed by atoms with Crippen molar-refractivity contribution in [2.45, 2.75) is 0 Å². The first-order valence-corrected chi connectivity index (χ1v) is 3.29. The quantitative estimate of drug-likeness (QED) is 0.625. The fraction of sp³-hybridized carbons (Fsp3) is 0.286. The summed E-state index contributed by atoms with van der Waals surface area (Å²) in [7, 11) is 3.40. The molecule has 0 bridgehead atoms. The molecule has 1 aromatic rings. The van der Waals surface area contributed by atoms with Crippen LogP contribution in [-0.4, -0.2) is 19.1 Å². The number of hydrazine groups is 1. The van der Waals surface area contributed by atoms with E-state index in [1.165, 1.54) is 0 Å². The molecule has 0 fully saturated rings. The minimum atomic E-state index is 0.742. The molecule has 1 aromatic heterocycles. The number of ether oxygens (including phenoxy) is 1. The van der Waals surface area contributed by atoms with E-state index in [2.05, 4.69) is 15.8 Å². The van der Waals surface area contributed by atoms with E-state index in [0.29, 0.717) is 0 Å². The second-order valence-electron chi connectivity index (χ2n) is 1.96. The smallest absolute Gasteiger partial charge is 0.143 e. The van der Waals surface area contributed by atoms with Gasteiger partial charge in [-0.3, -0.25) is 0 Å². The van der Waals surface area contributed by atoms with Crippen LogP contribution in [0.5, 0.6) is 5.75 Å². The first-order valence-electron chi connectivity index (χ1n) is 3.29. The van der Waals surface area contributed by atoms with Crippen molar-refractivity contribution in [3.63, 3.8) is 0 Å². The highest BCUT2D eigenvalue weighted by Crippen LogP contribution is 2.12. The van der Waals surface area contributed by atoms with Gasteiger partial charge in [-0.1, -0.05) is 0 Å². The summed E-state index contributed by atoms with van der Waals surface area (Å²) in [5.74, 6) is 1.53. The summed E-state index contributed by atoms with van der Waals surface area (Å²) in [6.07, 6.45) is 1.68. The van der Waals surface area contributed by atoms with Gasteiger partial charge < -0.3 is 10.2 Å². The molecule has 0 saturated carbocycles. The van der Waals surface area contributed by atoms with Crippen LogP contribution >= 0.6 is 0 Å². The van der Waals surface area contributed by atoms with Crippen molar-refractivity contribution in [1.29, 1.82) is 0 Å². The lowest BCUT2D eigenvalue weighted by atomic mass is 10.4. The number of methoxy groups -OCH3 is 1. The van der Waals surface area contributed by atoms with Crippen molar-refractivity contribution >= 4 is 5.82 Å². The van der Waals surface area contributed by atoms with Crippen LogP contribution < -0.4 is 15.6 Å². The molecule has 0 spiro atoms. The van der Waals surface area contributed by atoms with Crippen molar-refractivity contribution in [2.75, 3.05) is 19.6 Å². The Bertz CT molecular complexity index is 227. The summed E-state index contributed by atoms with van der Waals surface area (Å²) in [6.45, 7) is 0. The van der Waals surface area contributed by atoms with Gasteiger partial charge in [0.15, 0.2) is 0 Å². The van der Waals surface area contributed by atoms with E-state index in [9.17, 15) is 0 Å². The van der Waals surface area contributed by atoms with Gasteiger partial charge in [0.1, 0.15) is 11.6 Å². The second-order valence-corrected chi connectivity index (χ2v) is 1.96. The van der Waals surface area contributed by atoms with Crippen molar-refractivity contribution < 1.29 is 4.74 Å². The van der Waals surface area contributed by atoms with E-state index < -0.39 is 0 Å². The largest absolute Gasteiger partial charge is 0.497 e. The van der Waals surface area contributed by atoms with Crippen LogP contribution in [0.4, 0.5) is 5.82 Å². The maximum absolute atomic E-state index is 4.99. The highest BCUT2D eigenvalue weighted by Gasteiger charge is 1.92. The fourth-order valence-corrected chi connectivity index (χ4v) is 0.735. The molecule has 1 rings (SSSR count). The van der Waals surface area contributed by atoms with Gasteiger partial charge in [-0.05, 0) is 6.07 Å². The Morgan fingerprint density at radius 1 is 1.55 bits per heavy atom. The standard InChI is InChI=1S/C7H11N3O/c1-8-10-7-5-6(11-2)3-4-9-7/h3-5,8H,1-2H3,(H,9,10). The maximum Gasteiger partial charge on any atom is 0.143 e. The Morgan fingerprint density at radius 2 is 2.36 bits per heavy atom. The van der Waals surface area contributed by atoms with E-state index in [4.69, 9.17) is 4.74 Å². The second kappa shape index (κ2) is 3.78. The molecule has 0 amide bonds. The van der Waals surface area contributed by atoms with E-state index in [-0.39, 0.29) is 0 Å². The molecule has 0 saturated heterocycles. The molecule has 0 aliphatic carbocycles. The Kier molecular flexibility index (Phi) is 2.68. The predicted octanol–water partition coefficient (Wildman–Crippen LogP) is 0.636. The number of aromatic nitrogens is 1. The lowest BCUT2D eigenvalue weighted by molar-refractivity contribution is 0.414. The molecule has 0 unspecified atom stereocenters. The summed E-state index contributed by atoms with van der Waals surface area (Å²) in [6, 6.07) is 3.59. The molecule has 0 radical (unpaired) electrons. The van der Waals surface area contributed by atoms with Crippen LogP contribution in [0.15, 0.2) is 18.3 Å². The van der Waals surface area contributed by atoms with Gasteiger partial charge in [-0.25, -0.2) is 10.4 Å². The van der Waals surface area contributed by atoms with E-state index in [1.54, 1.807) is 32.5 Å². The van der Waals surface area contributed by atoms with Gasteiger partial charge in [0.05, 0.1) is 7.11 Å². The maximum atomic E-state index is 4.99. The highest BCUT2D eigenvalue weighted by molar-refractivity contribution is 5.39. The van der Waals surface area contributed by atoms with Gasteiger partial charge in [-0.15, -0.1) is 0 Å². The third-order valence-corrected chi connectivity index (χ3v) is 1.22. The summed E-state index contributed by atoms with van der Waals surface area (Å²) in [5.41, 5.74) is 5.61. The van der Waals surface area contributed by atoms with Crippen LogP contribution in [0.2, 0.25) is 0 Å². The monoisotopic (exact) mass is 153 g/mol. The molecule has 60 valence electrons. The third kappa shape index (κ3) is 2.09.